The lowest BCUT2D eigenvalue weighted by atomic mass is 10.1. The van der Waals surface area contributed by atoms with Crippen molar-refractivity contribution in [2.24, 2.45) is 0 Å². The highest BCUT2D eigenvalue weighted by atomic mass is 79.9. The summed E-state index contributed by atoms with van der Waals surface area (Å²) in [5, 5.41) is 3.41. The average Bonchev–Trinajstić information content (AvgIpc) is 2.49. The maximum atomic E-state index is 5.87. The van der Waals surface area contributed by atoms with E-state index in [0.29, 0.717) is 6.61 Å². The molecule has 0 aromatic heterocycles. The van der Waals surface area contributed by atoms with E-state index in [-0.39, 0.29) is 6.10 Å². The fraction of sp³-hybridized carbons (Fsp3) is 0.625. The van der Waals surface area contributed by atoms with Crippen LogP contribution in [0, 0.1) is 0 Å². The molecule has 1 saturated heterocycles. The van der Waals surface area contributed by atoms with Gasteiger partial charge in [0, 0.05) is 17.6 Å². The fourth-order valence-corrected chi connectivity index (χ4v) is 2.69. The maximum absolute atomic E-state index is 5.87. The lowest BCUT2D eigenvalue weighted by Gasteiger charge is -2.22. The van der Waals surface area contributed by atoms with Gasteiger partial charge < -0.3 is 14.8 Å². The summed E-state index contributed by atoms with van der Waals surface area (Å²) in [6, 6.07) is 6.17. The van der Waals surface area contributed by atoms with Crippen LogP contribution in [0.5, 0.6) is 5.75 Å². The van der Waals surface area contributed by atoms with Crippen molar-refractivity contribution in [1.29, 1.82) is 0 Å². The molecule has 1 heterocycles. The molecule has 0 bridgehead atoms. The van der Waals surface area contributed by atoms with Crippen LogP contribution < -0.4 is 10.1 Å². The number of hydrogen-bond acceptors (Lipinski definition) is 3. The molecule has 1 unspecified atom stereocenters. The van der Waals surface area contributed by atoms with Gasteiger partial charge in [0.05, 0.1) is 6.10 Å². The van der Waals surface area contributed by atoms with Crippen LogP contribution in [0.4, 0.5) is 0 Å². The van der Waals surface area contributed by atoms with Crippen LogP contribution in [0.15, 0.2) is 22.7 Å². The molecule has 2 rings (SSSR count). The lowest BCUT2D eigenvalue weighted by Crippen LogP contribution is -2.25. The maximum Gasteiger partial charge on any atom is 0.119 e. The molecule has 3 nitrogen and oxygen atoms in total. The van der Waals surface area contributed by atoms with Crippen molar-refractivity contribution in [2.75, 3.05) is 19.8 Å². The van der Waals surface area contributed by atoms with E-state index in [9.17, 15) is 0 Å². The smallest absolute Gasteiger partial charge is 0.119 e. The number of hydrogen-bond donors (Lipinski definition) is 1. The normalized spacial score (nSPS) is 19.0. The SMILES string of the molecule is CCCNCc1cc(OCC2CCCCO2)ccc1Br. The second-order valence-corrected chi connectivity index (χ2v) is 6.08. The van der Waals surface area contributed by atoms with Crippen molar-refractivity contribution in [1.82, 2.24) is 5.32 Å². The summed E-state index contributed by atoms with van der Waals surface area (Å²) in [5.74, 6) is 0.927. The summed E-state index contributed by atoms with van der Waals surface area (Å²) in [4.78, 5) is 0. The second kappa shape index (κ2) is 8.65. The summed E-state index contributed by atoms with van der Waals surface area (Å²) in [7, 11) is 0. The predicted octanol–water partition coefficient (Wildman–Crippen LogP) is 3.90. The molecule has 0 amide bonds. The molecule has 1 aliphatic rings. The Bertz CT molecular complexity index is 405. The number of rotatable bonds is 7. The minimum Gasteiger partial charge on any atom is -0.491 e. The Morgan fingerprint density at radius 2 is 2.30 bits per heavy atom. The molecule has 1 aromatic carbocycles. The standard InChI is InChI=1S/C16H24BrNO2/c1-2-8-18-11-13-10-14(6-7-16(13)17)20-12-15-5-3-4-9-19-15/h6-7,10,15,18H,2-5,8-9,11-12H2,1H3. The van der Waals surface area contributed by atoms with Crippen molar-refractivity contribution < 1.29 is 9.47 Å². The van der Waals surface area contributed by atoms with Crippen molar-refractivity contribution in [3.8, 4) is 5.75 Å². The van der Waals surface area contributed by atoms with E-state index in [1.165, 1.54) is 18.4 Å². The summed E-state index contributed by atoms with van der Waals surface area (Å²) in [6.45, 7) is 5.61. The van der Waals surface area contributed by atoms with Crippen molar-refractivity contribution in [3.63, 3.8) is 0 Å². The van der Waals surface area contributed by atoms with Gasteiger partial charge in [0.1, 0.15) is 12.4 Å². The van der Waals surface area contributed by atoms with Gasteiger partial charge in [-0.3, -0.25) is 0 Å². The fourth-order valence-electron chi connectivity index (χ4n) is 2.30. The first-order valence-corrected chi connectivity index (χ1v) is 8.32. The van der Waals surface area contributed by atoms with Crippen molar-refractivity contribution >= 4 is 15.9 Å². The summed E-state index contributed by atoms with van der Waals surface area (Å²) in [5.41, 5.74) is 1.24. The van der Waals surface area contributed by atoms with Gasteiger partial charge in [-0.05, 0) is 56.0 Å². The summed E-state index contributed by atoms with van der Waals surface area (Å²) in [6.07, 6.45) is 4.95. The molecular weight excluding hydrogens is 318 g/mol. The third kappa shape index (κ3) is 5.08. The molecule has 4 heteroatoms. The number of ether oxygens (including phenoxy) is 2. The highest BCUT2D eigenvalue weighted by molar-refractivity contribution is 9.10. The Morgan fingerprint density at radius 1 is 1.40 bits per heavy atom. The van der Waals surface area contributed by atoms with Gasteiger partial charge in [0.2, 0.25) is 0 Å². The molecule has 1 aliphatic heterocycles. The Balaban J connectivity index is 1.85. The zero-order valence-electron chi connectivity index (χ0n) is 12.2. The number of benzene rings is 1. The van der Waals surface area contributed by atoms with Gasteiger partial charge in [-0.1, -0.05) is 22.9 Å². The zero-order valence-corrected chi connectivity index (χ0v) is 13.7. The minimum absolute atomic E-state index is 0.258. The van der Waals surface area contributed by atoms with Crippen LogP contribution in [-0.4, -0.2) is 25.9 Å². The molecule has 0 saturated carbocycles. The van der Waals surface area contributed by atoms with E-state index in [2.05, 4.69) is 40.3 Å². The van der Waals surface area contributed by atoms with Gasteiger partial charge in [-0.25, -0.2) is 0 Å². The molecule has 20 heavy (non-hydrogen) atoms. The largest absolute Gasteiger partial charge is 0.491 e. The Kier molecular flexibility index (Phi) is 6.83. The number of halogens is 1. The Hall–Kier alpha value is -0.580. The third-order valence-corrected chi connectivity index (χ3v) is 4.24. The van der Waals surface area contributed by atoms with Crippen molar-refractivity contribution in [3.05, 3.63) is 28.2 Å². The van der Waals surface area contributed by atoms with E-state index in [0.717, 1.165) is 42.8 Å². The zero-order chi connectivity index (χ0) is 14.2. The van der Waals surface area contributed by atoms with E-state index in [1.807, 2.05) is 6.07 Å². The van der Waals surface area contributed by atoms with Gasteiger partial charge >= 0.3 is 0 Å². The van der Waals surface area contributed by atoms with E-state index in [1.54, 1.807) is 0 Å². The lowest BCUT2D eigenvalue weighted by molar-refractivity contribution is -0.0110. The Labute approximate surface area is 130 Å². The number of nitrogens with one attached hydrogen (secondary N) is 1. The average molecular weight is 342 g/mol. The van der Waals surface area contributed by atoms with Crippen LogP contribution in [-0.2, 0) is 11.3 Å². The first kappa shape index (κ1) is 15.8. The summed E-state index contributed by atoms with van der Waals surface area (Å²) < 4.78 is 12.7. The van der Waals surface area contributed by atoms with Crippen LogP contribution in [0.1, 0.15) is 38.2 Å². The van der Waals surface area contributed by atoms with Gasteiger partial charge in [0.15, 0.2) is 0 Å². The van der Waals surface area contributed by atoms with Gasteiger partial charge in [-0.2, -0.15) is 0 Å². The van der Waals surface area contributed by atoms with Crippen LogP contribution in [0.25, 0.3) is 0 Å². The molecule has 0 spiro atoms. The van der Waals surface area contributed by atoms with Gasteiger partial charge in [-0.15, -0.1) is 0 Å². The van der Waals surface area contributed by atoms with Gasteiger partial charge in [0.25, 0.3) is 0 Å². The molecule has 112 valence electrons. The highest BCUT2D eigenvalue weighted by Crippen LogP contribution is 2.23. The summed E-state index contributed by atoms with van der Waals surface area (Å²) >= 11 is 3.59. The van der Waals surface area contributed by atoms with Crippen molar-refractivity contribution in [2.45, 2.75) is 45.3 Å². The molecule has 0 aliphatic carbocycles. The monoisotopic (exact) mass is 341 g/mol. The Morgan fingerprint density at radius 3 is 3.05 bits per heavy atom. The van der Waals surface area contributed by atoms with Crippen LogP contribution >= 0.6 is 15.9 Å². The minimum atomic E-state index is 0.258. The molecule has 0 radical (unpaired) electrons. The quantitative estimate of drug-likeness (QED) is 0.763. The van der Waals surface area contributed by atoms with E-state index >= 15 is 0 Å². The molecule has 1 fully saturated rings. The third-order valence-electron chi connectivity index (χ3n) is 3.47. The van der Waals surface area contributed by atoms with Crippen LogP contribution in [0.3, 0.4) is 0 Å². The molecule has 1 atom stereocenters. The predicted molar refractivity (Wildman–Crippen MR) is 85.2 cm³/mol. The molecular formula is C16H24BrNO2. The van der Waals surface area contributed by atoms with Crippen LogP contribution in [0.2, 0.25) is 0 Å². The molecule has 1 aromatic rings. The van der Waals surface area contributed by atoms with E-state index in [4.69, 9.17) is 9.47 Å². The van der Waals surface area contributed by atoms with E-state index < -0.39 is 0 Å². The second-order valence-electron chi connectivity index (χ2n) is 5.23. The topological polar surface area (TPSA) is 30.5 Å². The first-order valence-electron chi connectivity index (χ1n) is 7.53. The first-order chi connectivity index (χ1) is 9.79. The molecule has 1 N–H and O–H groups in total. The highest BCUT2D eigenvalue weighted by Gasteiger charge is 2.14.